The van der Waals surface area contributed by atoms with Crippen molar-refractivity contribution in [2.75, 3.05) is 6.61 Å². The van der Waals surface area contributed by atoms with Gasteiger partial charge in [0.05, 0.1) is 0 Å². The first kappa shape index (κ1) is 16.9. The molecule has 0 bridgehead atoms. The highest BCUT2D eigenvalue weighted by Gasteiger charge is 1.97. The second-order valence-electron chi connectivity index (χ2n) is 4.88. The van der Waals surface area contributed by atoms with E-state index in [2.05, 4.69) is 0 Å². The van der Waals surface area contributed by atoms with Crippen molar-refractivity contribution in [3.05, 3.63) is 0 Å². The van der Waals surface area contributed by atoms with Crippen LogP contribution in [0.4, 0.5) is 0 Å². The van der Waals surface area contributed by atoms with Gasteiger partial charge in [-0.1, -0.05) is 57.8 Å². The summed E-state index contributed by atoms with van der Waals surface area (Å²) in [7, 11) is 0. The van der Waals surface area contributed by atoms with Crippen molar-refractivity contribution in [2.45, 2.75) is 83.3 Å². The fraction of sp³-hybridized carbons (Fsp3) is 1.00. The minimum absolute atomic E-state index is 0.336. The van der Waals surface area contributed by atoms with Gasteiger partial charge in [-0.25, -0.2) is 0 Å². The van der Waals surface area contributed by atoms with Gasteiger partial charge in [0.15, 0.2) is 6.29 Å². The van der Waals surface area contributed by atoms with Crippen molar-refractivity contribution >= 4 is 0 Å². The van der Waals surface area contributed by atoms with E-state index in [0.717, 1.165) is 19.3 Å². The van der Waals surface area contributed by atoms with E-state index in [4.69, 9.17) is 15.3 Å². The van der Waals surface area contributed by atoms with Crippen LogP contribution in [0.5, 0.6) is 0 Å². The van der Waals surface area contributed by atoms with E-state index in [9.17, 15) is 0 Å². The molecule has 0 spiro atoms. The van der Waals surface area contributed by atoms with Gasteiger partial charge in [-0.05, 0) is 19.3 Å². The van der Waals surface area contributed by atoms with Crippen LogP contribution in [0.1, 0.15) is 77.0 Å². The van der Waals surface area contributed by atoms with Gasteiger partial charge in [0.2, 0.25) is 0 Å². The predicted octanol–water partition coefficient (Wildman–Crippen LogP) is 2.97. The monoisotopic (exact) mass is 246 g/mol. The Morgan fingerprint density at radius 2 is 0.882 bits per heavy atom. The molecule has 0 amide bonds. The van der Waals surface area contributed by atoms with Crippen molar-refractivity contribution in [1.29, 1.82) is 0 Å². The molecule has 104 valence electrons. The Morgan fingerprint density at radius 1 is 0.529 bits per heavy atom. The van der Waals surface area contributed by atoms with Gasteiger partial charge in [0.1, 0.15) is 0 Å². The molecule has 3 N–H and O–H groups in total. The lowest BCUT2D eigenvalue weighted by molar-refractivity contribution is -0.0466. The van der Waals surface area contributed by atoms with Gasteiger partial charge in [0, 0.05) is 6.61 Å². The number of aliphatic hydroxyl groups excluding tert-OH is 2. The van der Waals surface area contributed by atoms with E-state index in [1.54, 1.807) is 0 Å². The second kappa shape index (κ2) is 13.9. The maximum Gasteiger partial charge on any atom is 0.151 e. The van der Waals surface area contributed by atoms with E-state index in [-0.39, 0.29) is 0 Å². The lowest BCUT2D eigenvalue weighted by atomic mass is 10.1. The SMILES string of the molecule is OCCCCCCCCCCCCCC(O)O. The fourth-order valence-corrected chi connectivity index (χ4v) is 2.03. The summed E-state index contributed by atoms with van der Waals surface area (Å²) >= 11 is 0. The maximum atomic E-state index is 8.65. The molecule has 0 saturated carbocycles. The molecular formula is C14H30O3. The molecule has 0 aliphatic carbocycles. The van der Waals surface area contributed by atoms with Crippen LogP contribution in [0.25, 0.3) is 0 Å². The number of aliphatic hydroxyl groups is 3. The summed E-state index contributed by atoms with van der Waals surface area (Å²) in [5.41, 5.74) is 0. The minimum Gasteiger partial charge on any atom is -0.396 e. The van der Waals surface area contributed by atoms with Crippen molar-refractivity contribution in [3.8, 4) is 0 Å². The first-order valence-corrected chi connectivity index (χ1v) is 7.24. The Labute approximate surface area is 106 Å². The third-order valence-electron chi connectivity index (χ3n) is 3.12. The molecular weight excluding hydrogens is 216 g/mol. The molecule has 0 unspecified atom stereocenters. The number of hydrogen-bond donors (Lipinski definition) is 3. The highest BCUT2D eigenvalue weighted by molar-refractivity contribution is 4.49. The maximum absolute atomic E-state index is 8.65. The van der Waals surface area contributed by atoms with Crippen molar-refractivity contribution < 1.29 is 15.3 Å². The van der Waals surface area contributed by atoms with Gasteiger partial charge < -0.3 is 15.3 Å². The molecule has 0 saturated heterocycles. The van der Waals surface area contributed by atoms with Crippen molar-refractivity contribution in [3.63, 3.8) is 0 Å². The lowest BCUT2D eigenvalue weighted by Gasteiger charge is -2.03. The summed E-state index contributed by atoms with van der Waals surface area (Å²) in [5, 5.41) is 25.9. The Morgan fingerprint density at radius 3 is 1.24 bits per heavy atom. The zero-order valence-electron chi connectivity index (χ0n) is 11.1. The number of rotatable bonds is 13. The molecule has 3 heteroatoms. The van der Waals surface area contributed by atoms with E-state index in [0.29, 0.717) is 13.0 Å². The Hall–Kier alpha value is -0.120. The van der Waals surface area contributed by atoms with E-state index < -0.39 is 6.29 Å². The molecule has 0 heterocycles. The highest BCUT2D eigenvalue weighted by Crippen LogP contribution is 2.12. The molecule has 0 aliphatic heterocycles. The number of hydrogen-bond acceptors (Lipinski definition) is 3. The average Bonchev–Trinajstić information content (AvgIpc) is 2.30. The molecule has 17 heavy (non-hydrogen) atoms. The highest BCUT2D eigenvalue weighted by atomic mass is 16.5. The molecule has 0 aromatic carbocycles. The third-order valence-corrected chi connectivity index (χ3v) is 3.12. The topological polar surface area (TPSA) is 60.7 Å². The first-order valence-electron chi connectivity index (χ1n) is 7.24. The van der Waals surface area contributed by atoms with Gasteiger partial charge in [-0.2, -0.15) is 0 Å². The van der Waals surface area contributed by atoms with E-state index >= 15 is 0 Å². The molecule has 0 rings (SSSR count). The van der Waals surface area contributed by atoms with Crippen LogP contribution >= 0.6 is 0 Å². The molecule has 3 nitrogen and oxygen atoms in total. The molecule has 0 aromatic rings. The quantitative estimate of drug-likeness (QED) is 0.346. The average molecular weight is 246 g/mol. The van der Waals surface area contributed by atoms with Crippen LogP contribution in [0.15, 0.2) is 0 Å². The molecule has 0 radical (unpaired) electrons. The van der Waals surface area contributed by atoms with E-state index in [1.165, 1.54) is 51.4 Å². The summed E-state index contributed by atoms with van der Waals surface area (Å²) < 4.78 is 0. The Kier molecular flexibility index (Phi) is 13.8. The third kappa shape index (κ3) is 15.9. The Bertz CT molecular complexity index is 137. The van der Waals surface area contributed by atoms with Crippen LogP contribution in [0, 0.1) is 0 Å². The summed E-state index contributed by atoms with van der Waals surface area (Å²) in [4.78, 5) is 0. The van der Waals surface area contributed by atoms with E-state index in [1.807, 2.05) is 0 Å². The van der Waals surface area contributed by atoms with Crippen LogP contribution < -0.4 is 0 Å². The summed E-state index contributed by atoms with van der Waals surface area (Å²) in [6, 6.07) is 0. The smallest absolute Gasteiger partial charge is 0.151 e. The standard InChI is InChI=1S/C14H30O3/c15-13-11-9-7-5-3-1-2-4-6-8-10-12-14(16)17/h14-17H,1-13H2. The molecule has 0 aromatic heterocycles. The number of unbranched alkanes of at least 4 members (excludes halogenated alkanes) is 10. The van der Waals surface area contributed by atoms with Crippen LogP contribution in [0.2, 0.25) is 0 Å². The molecule has 0 fully saturated rings. The summed E-state index contributed by atoms with van der Waals surface area (Å²) in [6.45, 7) is 0.336. The van der Waals surface area contributed by atoms with Crippen LogP contribution in [0.3, 0.4) is 0 Å². The normalized spacial score (nSPS) is 11.3. The Balaban J connectivity index is 2.89. The fourth-order valence-electron chi connectivity index (χ4n) is 2.03. The second-order valence-corrected chi connectivity index (χ2v) is 4.88. The van der Waals surface area contributed by atoms with Gasteiger partial charge in [-0.3, -0.25) is 0 Å². The molecule has 0 atom stereocenters. The summed E-state index contributed by atoms with van der Waals surface area (Å²) in [5.74, 6) is 0. The summed E-state index contributed by atoms with van der Waals surface area (Å²) in [6.07, 6.45) is 12.6. The largest absolute Gasteiger partial charge is 0.396 e. The van der Waals surface area contributed by atoms with Crippen LogP contribution in [-0.2, 0) is 0 Å². The minimum atomic E-state index is -1.12. The van der Waals surface area contributed by atoms with Gasteiger partial charge in [-0.15, -0.1) is 0 Å². The lowest BCUT2D eigenvalue weighted by Crippen LogP contribution is -2.02. The van der Waals surface area contributed by atoms with Crippen molar-refractivity contribution in [1.82, 2.24) is 0 Å². The van der Waals surface area contributed by atoms with Crippen molar-refractivity contribution in [2.24, 2.45) is 0 Å². The van der Waals surface area contributed by atoms with Gasteiger partial charge in [0.25, 0.3) is 0 Å². The zero-order chi connectivity index (χ0) is 12.8. The van der Waals surface area contributed by atoms with Crippen LogP contribution in [-0.4, -0.2) is 28.2 Å². The molecule has 0 aliphatic rings. The first-order chi connectivity index (χ1) is 8.27. The van der Waals surface area contributed by atoms with Gasteiger partial charge >= 0.3 is 0 Å². The predicted molar refractivity (Wildman–Crippen MR) is 70.7 cm³/mol. The zero-order valence-corrected chi connectivity index (χ0v) is 11.1.